The average molecular weight is 154 g/mol. The Labute approximate surface area is 69.3 Å². The Balaban J connectivity index is 2.17. The number of likely N-dealkylation sites (N-methyl/N-ethyl adjacent to an activating group) is 1. The van der Waals surface area contributed by atoms with Gasteiger partial charge in [-0.1, -0.05) is 13.0 Å². The van der Waals surface area contributed by atoms with Crippen molar-refractivity contribution in [3.05, 3.63) is 12.7 Å². The van der Waals surface area contributed by atoms with E-state index in [2.05, 4.69) is 23.7 Å². The average Bonchev–Trinajstić information content (AvgIpc) is 2.38. The summed E-state index contributed by atoms with van der Waals surface area (Å²) in [6.07, 6.45) is 3.27. The number of rotatable bonds is 4. The van der Waals surface area contributed by atoms with E-state index in [1.165, 1.54) is 19.5 Å². The molecule has 1 saturated heterocycles. The Kier molecular flexibility index (Phi) is 3.60. The molecule has 64 valence electrons. The molecular formula is C9H18N2. The molecule has 0 aliphatic carbocycles. The van der Waals surface area contributed by atoms with Crippen LogP contribution in [0.4, 0.5) is 0 Å². The molecule has 1 rings (SSSR count). The van der Waals surface area contributed by atoms with Crippen LogP contribution in [0.2, 0.25) is 0 Å². The van der Waals surface area contributed by atoms with Crippen molar-refractivity contribution in [2.75, 3.05) is 26.2 Å². The van der Waals surface area contributed by atoms with Gasteiger partial charge in [-0.05, 0) is 13.0 Å². The first-order valence-corrected chi connectivity index (χ1v) is 4.43. The van der Waals surface area contributed by atoms with E-state index in [4.69, 9.17) is 0 Å². The molecule has 2 nitrogen and oxygen atoms in total. The van der Waals surface area contributed by atoms with Crippen LogP contribution in [0.15, 0.2) is 12.7 Å². The van der Waals surface area contributed by atoms with Gasteiger partial charge in [-0.25, -0.2) is 0 Å². The van der Waals surface area contributed by atoms with Gasteiger partial charge in [0.1, 0.15) is 0 Å². The second-order valence-electron chi connectivity index (χ2n) is 3.09. The van der Waals surface area contributed by atoms with E-state index in [0.717, 1.165) is 19.1 Å². The zero-order valence-electron chi connectivity index (χ0n) is 7.34. The van der Waals surface area contributed by atoms with E-state index in [9.17, 15) is 0 Å². The molecular weight excluding hydrogens is 136 g/mol. The van der Waals surface area contributed by atoms with Crippen molar-refractivity contribution in [1.82, 2.24) is 10.2 Å². The molecule has 1 heterocycles. The van der Waals surface area contributed by atoms with Gasteiger partial charge in [0, 0.05) is 25.7 Å². The van der Waals surface area contributed by atoms with Crippen LogP contribution in [0, 0.1) is 0 Å². The molecule has 0 saturated carbocycles. The van der Waals surface area contributed by atoms with Crippen molar-refractivity contribution in [2.24, 2.45) is 0 Å². The molecule has 1 N–H and O–H groups in total. The van der Waals surface area contributed by atoms with Gasteiger partial charge in [0.2, 0.25) is 0 Å². The lowest BCUT2D eigenvalue weighted by Gasteiger charge is -2.13. The summed E-state index contributed by atoms with van der Waals surface area (Å²) in [6.45, 7) is 10.4. The molecule has 1 aliphatic heterocycles. The lowest BCUT2D eigenvalue weighted by Crippen LogP contribution is -2.32. The Morgan fingerprint density at radius 2 is 2.55 bits per heavy atom. The molecule has 1 fully saturated rings. The van der Waals surface area contributed by atoms with Crippen molar-refractivity contribution in [3.8, 4) is 0 Å². The van der Waals surface area contributed by atoms with E-state index in [0.29, 0.717) is 0 Å². The third-order valence-electron chi connectivity index (χ3n) is 2.15. The molecule has 2 heteroatoms. The first-order valence-electron chi connectivity index (χ1n) is 4.43. The Bertz CT molecular complexity index is 123. The van der Waals surface area contributed by atoms with Crippen LogP contribution in [-0.2, 0) is 0 Å². The quantitative estimate of drug-likeness (QED) is 0.604. The lowest BCUT2D eigenvalue weighted by molar-refractivity contribution is 0.364. The smallest absolute Gasteiger partial charge is 0.0207 e. The van der Waals surface area contributed by atoms with E-state index in [1.54, 1.807) is 0 Å². The van der Waals surface area contributed by atoms with Gasteiger partial charge < -0.3 is 5.32 Å². The Hall–Kier alpha value is -0.340. The van der Waals surface area contributed by atoms with Crippen LogP contribution in [0.1, 0.15) is 13.3 Å². The van der Waals surface area contributed by atoms with Gasteiger partial charge in [0.25, 0.3) is 0 Å². The zero-order chi connectivity index (χ0) is 8.10. The van der Waals surface area contributed by atoms with Crippen LogP contribution in [0.3, 0.4) is 0 Å². The van der Waals surface area contributed by atoms with Gasteiger partial charge in [-0.15, -0.1) is 6.58 Å². The first-order chi connectivity index (χ1) is 5.36. The molecule has 1 aliphatic rings. The summed E-state index contributed by atoms with van der Waals surface area (Å²) in [4.78, 5) is 2.43. The molecule has 1 atom stereocenters. The number of nitrogens with zero attached hydrogens (tertiary/aromatic N) is 1. The second-order valence-corrected chi connectivity index (χ2v) is 3.09. The Morgan fingerprint density at radius 1 is 1.73 bits per heavy atom. The highest BCUT2D eigenvalue weighted by molar-refractivity contribution is 4.84. The molecule has 11 heavy (non-hydrogen) atoms. The summed E-state index contributed by atoms with van der Waals surface area (Å²) in [5.74, 6) is 0. The van der Waals surface area contributed by atoms with Crippen molar-refractivity contribution in [2.45, 2.75) is 19.4 Å². The monoisotopic (exact) mass is 154 g/mol. The summed E-state index contributed by atoms with van der Waals surface area (Å²) in [6, 6.07) is 0.722. The van der Waals surface area contributed by atoms with Gasteiger partial charge in [0.05, 0.1) is 0 Å². The van der Waals surface area contributed by atoms with E-state index in [1.807, 2.05) is 6.08 Å². The van der Waals surface area contributed by atoms with Crippen LogP contribution in [0.5, 0.6) is 0 Å². The molecule has 0 aromatic rings. The highest BCUT2D eigenvalue weighted by Crippen LogP contribution is 2.07. The molecule has 0 amide bonds. The predicted molar refractivity (Wildman–Crippen MR) is 48.7 cm³/mol. The summed E-state index contributed by atoms with van der Waals surface area (Å²) >= 11 is 0. The minimum absolute atomic E-state index is 0.722. The number of likely N-dealkylation sites (tertiary alicyclic amines) is 1. The van der Waals surface area contributed by atoms with Crippen molar-refractivity contribution in [1.29, 1.82) is 0 Å². The fourth-order valence-corrected chi connectivity index (χ4v) is 1.64. The van der Waals surface area contributed by atoms with Gasteiger partial charge in [-0.3, -0.25) is 4.90 Å². The normalized spacial score (nSPS) is 25.7. The van der Waals surface area contributed by atoms with Crippen LogP contribution >= 0.6 is 0 Å². The molecule has 0 aromatic carbocycles. The summed E-state index contributed by atoms with van der Waals surface area (Å²) in [5.41, 5.74) is 0. The molecule has 1 unspecified atom stereocenters. The lowest BCUT2D eigenvalue weighted by atomic mass is 10.3. The first kappa shape index (κ1) is 8.75. The van der Waals surface area contributed by atoms with Crippen LogP contribution in [0.25, 0.3) is 0 Å². The maximum atomic E-state index is 3.73. The standard InChI is InChI=1S/C9H18N2/c1-3-6-11-7-5-9(8-11)10-4-2/h3,9-10H,1,4-8H2,2H3. The second kappa shape index (κ2) is 4.52. The van der Waals surface area contributed by atoms with Gasteiger partial charge >= 0.3 is 0 Å². The SMILES string of the molecule is C=CCN1CCC(NCC)C1. The maximum Gasteiger partial charge on any atom is 0.0207 e. The minimum Gasteiger partial charge on any atom is -0.313 e. The zero-order valence-corrected chi connectivity index (χ0v) is 7.34. The van der Waals surface area contributed by atoms with E-state index < -0.39 is 0 Å². The molecule has 0 radical (unpaired) electrons. The molecule has 0 bridgehead atoms. The van der Waals surface area contributed by atoms with Crippen LogP contribution < -0.4 is 5.32 Å². The van der Waals surface area contributed by atoms with Gasteiger partial charge in [-0.2, -0.15) is 0 Å². The topological polar surface area (TPSA) is 15.3 Å². The minimum atomic E-state index is 0.722. The Morgan fingerprint density at radius 3 is 3.18 bits per heavy atom. The third kappa shape index (κ3) is 2.64. The van der Waals surface area contributed by atoms with Crippen LogP contribution in [-0.4, -0.2) is 37.1 Å². The summed E-state index contributed by atoms with van der Waals surface area (Å²) < 4.78 is 0. The van der Waals surface area contributed by atoms with E-state index >= 15 is 0 Å². The van der Waals surface area contributed by atoms with Crippen molar-refractivity contribution in [3.63, 3.8) is 0 Å². The van der Waals surface area contributed by atoms with E-state index in [-0.39, 0.29) is 0 Å². The third-order valence-corrected chi connectivity index (χ3v) is 2.15. The highest BCUT2D eigenvalue weighted by atomic mass is 15.2. The summed E-state index contributed by atoms with van der Waals surface area (Å²) in [5, 5.41) is 3.46. The predicted octanol–water partition coefficient (Wildman–Crippen LogP) is 0.856. The number of hydrogen-bond acceptors (Lipinski definition) is 2. The fourth-order valence-electron chi connectivity index (χ4n) is 1.64. The highest BCUT2D eigenvalue weighted by Gasteiger charge is 2.19. The summed E-state index contributed by atoms with van der Waals surface area (Å²) in [7, 11) is 0. The fraction of sp³-hybridized carbons (Fsp3) is 0.778. The van der Waals surface area contributed by atoms with Gasteiger partial charge in [0.15, 0.2) is 0 Å². The molecule has 0 spiro atoms. The maximum absolute atomic E-state index is 3.73. The van der Waals surface area contributed by atoms with Crippen molar-refractivity contribution >= 4 is 0 Å². The molecule has 0 aromatic heterocycles. The van der Waals surface area contributed by atoms with Crippen molar-refractivity contribution < 1.29 is 0 Å². The number of nitrogens with one attached hydrogen (secondary N) is 1. The number of hydrogen-bond donors (Lipinski definition) is 1. The largest absolute Gasteiger partial charge is 0.313 e.